The quantitative estimate of drug-likeness (QED) is 0.666. The van der Waals surface area contributed by atoms with Crippen LogP contribution in [0.25, 0.3) is 5.69 Å². The first-order valence-electron chi connectivity index (χ1n) is 9.36. The lowest BCUT2D eigenvalue weighted by Crippen LogP contribution is -2.29. The van der Waals surface area contributed by atoms with Gasteiger partial charge < -0.3 is 10.4 Å². The van der Waals surface area contributed by atoms with Crippen molar-refractivity contribution in [1.82, 2.24) is 25.0 Å². The minimum absolute atomic E-state index is 0.234. The maximum atomic E-state index is 12.5. The highest BCUT2D eigenvalue weighted by Crippen LogP contribution is 2.39. The van der Waals surface area contributed by atoms with Gasteiger partial charge in [-0.15, -0.1) is 10.2 Å². The normalized spacial score (nSPS) is 15.8. The maximum absolute atomic E-state index is 12.5. The van der Waals surface area contributed by atoms with Crippen molar-refractivity contribution in [1.29, 1.82) is 0 Å². The van der Waals surface area contributed by atoms with E-state index in [1.54, 1.807) is 12.1 Å². The molecule has 1 unspecified atom stereocenters. The van der Waals surface area contributed by atoms with Gasteiger partial charge in [-0.05, 0) is 49.4 Å². The lowest BCUT2D eigenvalue weighted by atomic mass is 9.94. The number of rotatable bonds is 4. The topological polar surface area (TPSA) is 100 Å². The van der Waals surface area contributed by atoms with Crippen molar-refractivity contribution in [2.45, 2.75) is 19.5 Å². The summed E-state index contributed by atoms with van der Waals surface area (Å²) in [6.07, 6.45) is 0. The molecule has 1 atom stereocenters. The molecule has 154 valence electrons. The number of hydrogen-bond donors (Lipinski definition) is 2. The van der Waals surface area contributed by atoms with Crippen LogP contribution in [0.3, 0.4) is 0 Å². The summed E-state index contributed by atoms with van der Waals surface area (Å²) in [6, 6.07) is 12.7. The fourth-order valence-electron chi connectivity index (χ4n) is 3.85. The number of aryl methyl sites for hydroxylation is 1. The Hall–Kier alpha value is -3.23. The van der Waals surface area contributed by atoms with E-state index >= 15 is 0 Å². The van der Waals surface area contributed by atoms with Crippen LogP contribution in [0.4, 0.5) is 0 Å². The van der Waals surface area contributed by atoms with Gasteiger partial charge in [-0.25, -0.2) is 0 Å². The molecule has 1 aliphatic heterocycles. The fourth-order valence-corrected chi connectivity index (χ4v) is 4.09. The van der Waals surface area contributed by atoms with Crippen LogP contribution in [0.2, 0.25) is 5.02 Å². The van der Waals surface area contributed by atoms with Crippen molar-refractivity contribution in [2.75, 3.05) is 13.6 Å². The molecular formula is C21H20ClN5O3. The molecule has 3 aromatic rings. The second kappa shape index (κ2) is 7.89. The Morgan fingerprint density at radius 3 is 2.70 bits per heavy atom. The molecule has 9 heteroatoms. The van der Waals surface area contributed by atoms with Crippen molar-refractivity contribution in [3.63, 3.8) is 0 Å². The van der Waals surface area contributed by atoms with Gasteiger partial charge in [0.2, 0.25) is 0 Å². The third-order valence-electron chi connectivity index (χ3n) is 5.15. The largest absolute Gasteiger partial charge is 0.480 e. The minimum atomic E-state index is -1.10. The highest BCUT2D eigenvalue weighted by Gasteiger charge is 2.31. The van der Waals surface area contributed by atoms with Crippen LogP contribution in [0, 0.1) is 6.92 Å². The van der Waals surface area contributed by atoms with E-state index in [1.807, 2.05) is 48.9 Å². The summed E-state index contributed by atoms with van der Waals surface area (Å²) >= 11 is 6.54. The zero-order valence-corrected chi connectivity index (χ0v) is 17.2. The van der Waals surface area contributed by atoms with Crippen LogP contribution in [0.15, 0.2) is 42.5 Å². The molecular weight excluding hydrogens is 406 g/mol. The monoisotopic (exact) mass is 425 g/mol. The number of amides is 1. The van der Waals surface area contributed by atoms with E-state index in [1.165, 1.54) is 0 Å². The third kappa shape index (κ3) is 3.55. The Bertz CT molecular complexity index is 1140. The van der Waals surface area contributed by atoms with Gasteiger partial charge in [-0.2, -0.15) is 0 Å². The number of nitrogens with zero attached hydrogens (tertiary/aromatic N) is 4. The second-order valence-electron chi connectivity index (χ2n) is 7.19. The molecule has 0 bridgehead atoms. The highest BCUT2D eigenvalue weighted by molar-refractivity contribution is 6.31. The average molecular weight is 426 g/mol. The molecule has 2 aromatic carbocycles. The molecule has 1 aromatic heterocycles. The van der Waals surface area contributed by atoms with Gasteiger partial charge in [-0.1, -0.05) is 29.8 Å². The number of carbonyl (C=O) groups excluding carboxylic acids is 1. The number of aliphatic carboxylic acids is 1. The summed E-state index contributed by atoms with van der Waals surface area (Å²) in [6.45, 7) is 1.97. The molecule has 1 amide bonds. The van der Waals surface area contributed by atoms with Gasteiger partial charge in [0.15, 0.2) is 5.82 Å². The zero-order chi connectivity index (χ0) is 21.4. The number of carbonyl (C=O) groups is 2. The highest BCUT2D eigenvalue weighted by atomic mass is 35.5. The third-order valence-corrected chi connectivity index (χ3v) is 5.49. The van der Waals surface area contributed by atoms with Crippen LogP contribution in [-0.4, -0.2) is 50.2 Å². The summed E-state index contributed by atoms with van der Waals surface area (Å²) in [4.78, 5) is 25.5. The van der Waals surface area contributed by atoms with Crippen molar-refractivity contribution in [2.24, 2.45) is 0 Å². The molecule has 8 nitrogen and oxygen atoms in total. The van der Waals surface area contributed by atoms with E-state index in [2.05, 4.69) is 20.4 Å². The number of benzene rings is 2. The molecule has 0 saturated heterocycles. The van der Waals surface area contributed by atoms with Crippen LogP contribution < -0.4 is 5.32 Å². The van der Waals surface area contributed by atoms with E-state index < -0.39 is 18.4 Å². The molecule has 0 radical (unpaired) electrons. The number of fused-ring (bicyclic) bond motifs is 3. The molecule has 4 rings (SSSR count). The van der Waals surface area contributed by atoms with E-state index in [0.717, 1.165) is 28.5 Å². The predicted molar refractivity (Wildman–Crippen MR) is 111 cm³/mol. The molecule has 0 saturated carbocycles. The number of nitrogens with one attached hydrogen (secondary N) is 1. The van der Waals surface area contributed by atoms with Crippen LogP contribution in [-0.2, 0) is 11.3 Å². The molecule has 0 spiro atoms. The summed E-state index contributed by atoms with van der Waals surface area (Å²) in [7, 11) is 1.97. The first-order valence-corrected chi connectivity index (χ1v) is 9.74. The van der Waals surface area contributed by atoms with Gasteiger partial charge in [0, 0.05) is 10.6 Å². The van der Waals surface area contributed by atoms with Gasteiger partial charge in [0.25, 0.3) is 5.91 Å². The van der Waals surface area contributed by atoms with Crippen molar-refractivity contribution < 1.29 is 14.7 Å². The number of halogens is 1. The summed E-state index contributed by atoms with van der Waals surface area (Å²) in [5, 5.41) is 20.4. The molecule has 2 heterocycles. The number of carboxylic acids is 1. The van der Waals surface area contributed by atoms with E-state index in [9.17, 15) is 9.59 Å². The molecule has 30 heavy (non-hydrogen) atoms. The lowest BCUT2D eigenvalue weighted by molar-refractivity contribution is -0.135. The lowest BCUT2D eigenvalue weighted by Gasteiger charge is -2.28. The number of hydrogen-bond acceptors (Lipinski definition) is 5. The van der Waals surface area contributed by atoms with Crippen molar-refractivity contribution >= 4 is 23.5 Å². The first-order chi connectivity index (χ1) is 14.4. The molecule has 0 aliphatic carbocycles. The predicted octanol–water partition coefficient (Wildman–Crippen LogP) is 2.58. The Morgan fingerprint density at radius 1 is 1.20 bits per heavy atom. The summed E-state index contributed by atoms with van der Waals surface area (Å²) in [5.41, 5.74) is 2.99. The Morgan fingerprint density at radius 2 is 1.97 bits per heavy atom. The molecule has 0 fully saturated rings. The summed E-state index contributed by atoms with van der Waals surface area (Å²) in [5.74, 6) is -0.0290. The maximum Gasteiger partial charge on any atom is 0.322 e. The molecule has 1 aliphatic rings. The van der Waals surface area contributed by atoms with E-state index in [0.29, 0.717) is 17.1 Å². The first kappa shape index (κ1) is 20.1. The smallest absolute Gasteiger partial charge is 0.322 e. The molecule has 2 N–H and O–H groups in total. The van der Waals surface area contributed by atoms with Crippen LogP contribution in [0.1, 0.15) is 39.2 Å². The van der Waals surface area contributed by atoms with Crippen LogP contribution in [0.5, 0.6) is 0 Å². The fraction of sp³-hybridized carbons (Fsp3) is 0.238. The summed E-state index contributed by atoms with van der Waals surface area (Å²) < 4.78 is 1.97. The zero-order valence-electron chi connectivity index (χ0n) is 16.5. The van der Waals surface area contributed by atoms with Gasteiger partial charge in [-0.3, -0.25) is 19.1 Å². The minimum Gasteiger partial charge on any atom is -0.480 e. The van der Waals surface area contributed by atoms with Crippen LogP contribution >= 0.6 is 11.6 Å². The number of aromatic nitrogens is 3. The van der Waals surface area contributed by atoms with E-state index in [4.69, 9.17) is 16.7 Å². The van der Waals surface area contributed by atoms with Gasteiger partial charge in [0.1, 0.15) is 12.4 Å². The van der Waals surface area contributed by atoms with Gasteiger partial charge >= 0.3 is 5.97 Å². The van der Waals surface area contributed by atoms with Crippen molar-refractivity contribution in [3.8, 4) is 5.69 Å². The SMILES string of the molecule is Cc1nnc2n1-c1ccc(C(=O)NCC(=O)O)cc1C(c1ccccc1Cl)N(C)C2. The van der Waals surface area contributed by atoms with E-state index in [-0.39, 0.29) is 6.04 Å². The van der Waals surface area contributed by atoms with Crippen molar-refractivity contribution in [3.05, 3.63) is 75.8 Å². The Kier molecular flexibility index (Phi) is 5.27. The number of carboxylic acid groups (broad SMARTS) is 1. The standard InChI is InChI=1S/C21H20ClN5O3/c1-12-24-25-18-11-26(2)20(14-5-3-4-6-16(14)22)15-9-13(7-8-17(15)27(12)18)21(30)23-10-19(28)29/h3-9,20H,10-11H2,1-2H3,(H,23,30)(H,28,29). The second-order valence-corrected chi connectivity index (χ2v) is 7.60. The average Bonchev–Trinajstić information content (AvgIpc) is 3.01. The Labute approximate surface area is 178 Å². The Balaban J connectivity index is 1.90. The van der Waals surface area contributed by atoms with Gasteiger partial charge in [0.05, 0.1) is 18.3 Å².